The van der Waals surface area contributed by atoms with Crippen LogP contribution in [0.15, 0.2) is 69.0 Å². The minimum atomic E-state index is -0.959. The van der Waals surface area contributed by atoms with Crippen molar-refractivity contribution in [1.29, 1.82) is 0 Å². The van der Waals surface area contributed by atoms with Gasteiger partial charge in [-0.05, 0) is 105 Å². The molecule has 1 N–H and O–H groups in total. The van der Waals surface area contributed by atoms with Crippen molar-refractivity contribution >= 4 is 84.2 Å². The third kappa shape index (κ3) is 6.40. The molecule has 1 atom stereocenters. The number of nitrogens with zero attached hydrogens (tertiary/aromatic N) is 3. The molecule has 0 aliphatic heterocycles. The lowest BCUT2D eigenvalue weighted by Crippen LogP contribution is -2.23. The molecule has 1 heterocycles. The summed E-state index contributed by atoms with van der Waals surface area (Å²) in [6.45, 7) is 4.40. The molecule has 0 aliphatic rings. The molecular formula is C27H22BrI2N3O4. The Balaban J connectivity index is 1.62. The summed E-state index contributed by atoms with van der Waals surface area (Å²) in [6, 6.07) is 16.0. The first-order chi connectivity index (χ1) is 17.7. The second-order valence-corrected chi connectivity index (χ2v) is 11.6. The van der Waals surface area contributed by atoms with Crippen molar-refractivity contribution in [2.45, 2.75) is 32.8 Å². The fraction of sp³-hybridized carbons (Fsp3) is 0.185. The van der Waals surface area contributed by atoms with Crippen LogP contribution in [-0.4, -0.2) is 27.0 Å². The second-order valence-electron chi connectivity index (χ2n) is 8.41. The Kier molecular flexibility index (Phi) is 9.01. The van der Waals surface area contributed by atoms with Gasteiger partial charge in [0, 0.05) is 10.4 Å². The van der Waals surface area contributed by atoms with E-state index in [0.29, 0.717) is 23.3 Å². The van der Waals surface area contributed by atoms with E-state index in [1.54, 1.807) is 36.5 Å². The van der Waals surface area contributed by atoms with Crippen LogP contribution in [-0.2, 0) is 6.61 Å². The minimum absolute atomic E-state index is 0.0542. The van der Waals surface area contributed by atoms with Gasteiger partial charge < -0.3 is 9.84 Å². The lowest BCUT2D eigenvalue weighted by Gasteiger charge is -2.14. The fourth-order valence-electron chi connectivity index (χ4n) is 3.59. The molecule has 1 aromatic heterocycles. The van der Waals surface area contributed by atoms with E-state index in [9.17, 15) is 9.59 Å². The number of carboxylic acids is 1. The van der Waals surface area contributed by atoms with Gasteiger partial charge in [-0.25, -0.2) is 9.78 Å². The number of aromatic nitrogens is 2. The Bertz CT molecular complexity index is 1550. The van der Waals surface area contributed by atoms with Gasteiger partial charge in [-0.15, -0.1) is 0 Å². The van der Waals surface area contributed by atoms with Crippen LogP contribution in [0, 0.1) is 7.14 Å². The molecule has 0 fully saturated rings. The van der Waals surface area contributed by atoms with Gasteiger partial charge in [0.05, 0.1) is 29.8 Å². The van der Waals surface area contributed by atoms with E-state index in [2.05, 4.69) is 73.1 Å². The van der Waals surface area contributed by atoms with E-state index < -0.39 is 5.97 Å². The van der Waals surface area contributed by atoms with E-state index in [-0.39, 0.29) is 17.0 Å². The van der Waals surface area contributed by atoms with Crippen molar-refractivity contribution in [3.63, 3.8) is 0 Å². The highest BCUT2D eigenvalue weighted by molar-refractivity contribution is 14.1. The zero-order valence-electron chi connectivity index (χ0n) is 19.9. The molecule has 0 radical (unpaired) electrons. The standard InChI is InChI=1S/C27H22BrI2N3O4/c1-3-15(2)25-32-23-9-8-19(28)12-20(23)26(34)33(25)31-13-17-10-21(29)24(22(30)11-17)37-14-16-4-6-18(7-5-16)27(35)36/h4-13,15H,3,14H2,1-2H3,(H,35,36)/t15-/m1/s1. The van der Waals surface area contributed by atoms with Gasteiger partial charge >= 0.3 is 5.97 Å². The summed E-state index contributed by atoms with van der Waals surface area (Å²) in [7, 11) is 0. The van der Waals surface area contributed by atoms with Gasteiger partial charge in [0.2, 0.25) is 0 Å². The maximum Gasteiger partial charge on any atom is 0.335 e. The molecule has 0 bridgehead atoms. The molecule has 10 heteroatoms. The molecule has 0 amide bonds. The Morgan fingerprint density at radius 1 is 1.16 bits per heavy atom. The van der Waals surface area contributed by atoms with E-state index in [1.807, 2.05) is 31.2 Å². The SMILES string of the molecule is CC[C@@H](C)c1nc2ccc(Br)cc2c(=O)n1N=Cc1cc(I)c(OCc2ccc(C(=O)O)cc2)c(I)c1. The van der Waals surface area contributed by atoms with Crippen molar-refractivity contribution in [2.24, 2.45) is 5.10 Å². The number of carbonyl (C=O) groups is 1. The van der Waals surface area contributed by atoms with Crippen molar-refractivity contribution in [2.75, 3.05) is 0 Å². The van der Waals surface area contributed by atoms with Crippen LogP contribution in [0.3, 0.4) is 0 Å². The Hall–Kier alpha value is -2.32. The van der Waals surface area contributed by atoms with Crippen molar-refractivity contribution < 1.29 is 14.6 Å². The van der Waals surface area contributed by atoms with Gasteiger partial charge in [-0.3, -0.25) is 4.79 Å². The monoisotopic (exact) mass is 785 g/mol. The quantitative estimate of drug-likeness (QED) is 0.153. The smallest absolute Gasteiger partial charge is 0.335 e. The number of ether oxygens (including phenoxy) is 1. The number of carboxylic acid groups (broad SMARTS) is 1. The molecule has 0 saturated carbocycles. The first-order valence-corrected chi connectivity index (χ1v) is 14.3. The van der Waals surface area contributed by atoms with Crippen LogP contribution in [0.1, 0.15) is 53.5 Å². The van der Waals surface area contributed by atoms with Gasteiger partial charge in [-0.1, -0.05) is 41.9 Å². The number of hydrogen-bond donors (Lipinski definition) is 1. The van der Waals surface area contributed by atoms with E-state index in [0.717, 1.165) is 34.9 Å². The number of halogens is 3. The predicted molar refractivity (Wildman–Crippen MR) is 165 cm³/mol. The highest BCUT2D eigenvalue weighted by Gasteiger charge is 2.16. The zero-order valence-corrected chi connectivity index (χ0v) is 25.8. The van der Waals surface area contributed by atoms with Crippen LogP contribution in [0.4, 0.5) is 0 Å². The fourth-order valence-corrected chi connectivity index (χ4v) is 6.08. The third-order valence-electron chi connectivity index (χ3n) is 5.81. The predicted octanol–water partition coefficient (Wildman–Crippen LogP) is 7.04. The second kappa shape index (κ2) is 12.0. The molecule has 0 spiro atoms. The minimum Gasteiger partial charge on any atom is -0.487 e. The Labute approximate surface area is 249 Å². The van der Waals surface area contributed by atoms with E-state index >= 15 is 0 Å². The van der Waals surface area contributed by atoms with Gasteiger partial charge in [-0.2, -0.15) is 9.78 Å². The van der Waals surface area contributed by atoms with E-state index in [1.165, 1.54) is 4.68 Å². The molecule has 3 aromatic carbocycles. The number of fused-ring (bicyclic) bond motifs is 1. The van der Waals surface area contributed by atoms with Crippen molar-refractivity contribution in [3.05, 3.63) is 99.1 Å². The van der Waals surface area contributed by atoms with Crippen molar-refractivity contribution in [3.8, 4) is 5.75 Å². The van der Waals surface area contributed by atoms with Crippen LogP contribution in [0.2, 0.25) is 0 Å². The lowest BCUT2D eigenvalue weighted by atomic mass is 10.1. The van der Waals surface area contributed by atoms with Crippen LogP contribution in [0.25, 0.3) is 10.9 Å². The largest absolute Gasteiger partial charge is 0.487 e. The summed E-state index contributed by atoms with van der Waals surface area (Å²) < 4.78 is 10.0. The highest BCUT2D eigenvalue weighted by atomic mass is 127. The average Bonchev–Trinajstić information content (AvgIpc) is 2.87. The molecule has 190 valence electrons. The van der Waals surface area contributed by atoms with Gasteiger partial charge in [0.25, 0.3) is 5.56 Å². The molecular weight excluding hydrogens is 764 g/mol. The summed E-state index contributed by atoms with van der Waals surface area (Å²) in [4.78, 5) is 29.1. The van der Waals surface area contributed by atoms with Gasteiger partial charge in [0.1, 0.15) is 18.2 Å². The summed E-state index contributed by atoms with van der Waals surface area (Å²) in [5, 5.41) is 14.1. The zero-order chi connectivity index (χ0) is 26.7. The average molecular weight is 786 g/mol. The summed E-state index contributed by atoms with van der Waals surface area (Å²) >= 11 is 7.86. The Morgan fingerprint density at radius 2 is 1.84 bits per heavy atom. The summed E-state index contributed by atoms with van der Waals surface area (Å²) in [6.07, 6.45) is 2.49. The first kappa shape index (κ1) is 27.7. The molecule has 0 saturated heterocycles. The maximum atomic E-state index is 13.3. The number of rotatable bonds is 8. The van der Waals surface area contributed by atoms with E-state index in [4.69, 9.17) is 14.8 Å². The van der Waals surface area contributed by atoms with Crippen LogP contribution >= 0.6 is 61.1 Å². The molecule has 4 aromatic rings. The normalized spacial score (nSPS) is 12.2. The molecule has 37 heavy (non-hydrogen) atoms. The number of aromatic carboxylic acids is 1. The highest BCUT2D eigenvalue weighted by Crippen LogP contribution is 2.29. The summed E-state index contributed by atoms with van der Waals surface area (Å²) in [5.74, 6) is 0.449. The number of hydrogen-bond acceptors (Lipinski definition) is 5. The first-order valence-electron chi connectivity index (χ1n) is 11.4. The van der Waals surface area contributed by atoms with Crippen molar-refractivity contribution in [1.82, 2.24) is 9.66 Å². The number of benzene rings is 3. The third-order valence-corrected chi connectivity index (χ3v) is 7.91. The Morgan fingerprint density at radius 3 is 2.46 bits per heavy atom. The molecule has 0 aliphatic carbocycles. The van der Waals surface area contributed by atoms with Crippen LogP contribution < -0.4 is 10.3 Å². The molecule has 4 rings (SSSR count). The van der Waals surface area contributed by atoms with Gasteiger partial charge in [0.15, 0.2) is 0 Å². The molecule has 7 nitrogen and oxygen atoms in total. The molecule has 0 unspecified atom stereocenters. The van der Waals surface area contributed by atoms with Crippen LogP contribution in [0.5, 0.6) is 5.75 Å². The lowest BCUT2D eigenvalue weighted by molar-refractivity contribution is 0.0697. The maximum absolute atomic E-state index is 13.3. The topological polar surface area (TPSA) is 93.8 Å². The summed E-state index contributed by atoms with van der Waals surface area (Å²) in [5.41, 5.74) is 2.37.